The number of aryl methyl sites for hydroxylation is 1. The second-order valence-corrected chi connectivity index (χ2v) is 3.52. The van der Waals surface area contributed by atoms with E-state index in [-0.39, 0.29) is 12.2 Å². The van der Waals surface area contributed by atoms with Gasteiger partial charge in [0.05, 0.1) is 12.1 Å². The molecule has 0 unspecified atom stereocenters. The Bertz CT molecular complexity index is 519. The molecule has 2 rings (SSSR count). The second-order valence-electron chi connectivity index (χ2n) is 3.52. The number of carboxylic acid groups (broad SMARTS) is 1. The molecule has 6 heteroatoms. The predicted molar refractivity (Wildman–Crippen MR) is 59.0 cm³/mol. The molecule has 2 aromatic rings. The van der Waals surface area contributed by atoms with Crippen LogP contribution < -0.4 is 0 Å². The Hall–Kier alpha value is -2.37. The molecule has 0 saturated heterocycles. The molecule has 0 aliphatic rings. The monoisotopic (exact) mass is 233 g/mol. The van der Waals surface area contributed by atoms with Gasteiger partial charge in [0.25, 0.3) is 0 Å². The third kappa shape index (κ3) is 2.81. The Morgan fingerprint density at radius 2 is 2.00 bits per heavy atom. The van der Waals surface area contributed by atoms with Gasteiger partial charge >= 0.3 is 5.97 Å². The molecule has 1 aromatic carbocycles. The van der Waals surface area contributed by atoms with Crippen LogP contribution in [0, 0.1) is 0 Å². The fourth-order valence-corrected chi connectivity index (χ4v) is 1.36. The normalized spacial score (nSPS) is 10.4. The second kappa shape index (κ2) is 4.65. The predicted octanol–water partition coefficient (Wildman–Crippen LogP) is 0.990. The maximum atomic E-state index is 10.4. The lowest BCUT2D eigenvalue weighted by Gasteiger charge is -1.99. The van der Waals surface area contributed by atoms with Gasteiger partial charge in [-0.3, -0.25) is 4.79 Å². The molecule has 0 fully saturated rings. The van der Waals surface area contributed by atoms with E-state index < -0.39 is 5.97 Å². The van der Waals surface area contributed by atoms with Crippen molar-refractivity contribution in [2.45, 2.75) is 12.8 Å². The van der Waals surface area contributed by atoms with Gasteiger partial charge in [-0.2, -0.15) is 5.10 Å². The summed E-state index contributed by atoms with van der Waals surface area (Å²) in [5, 5.41) is 21.8. The van der Waals surface area contributed by atoms with E-state index in [1.165, 1.54) is 11.0 Å². The average Bonchev–Trinajstić information content (AvgIpc) is 2.76. The SMILES string of the molecule is O=C(O)CCc1ncn(-c2ccc(O)cc2)n1. The lowest BCUT2D eigenvalue weighted by atomic mass is 10.3. The first kappa shape index (κ1) is 11.1. The zero-order valence-corrected chi connectivity index (χ0v) is 8.95. The number of aromatic nitrogens is 3. The molecule has 2 N–H and O–H groups in total. The zero-order valence-electron chi connectivity index (χ0n) is 8.95. The number of benzene rings is 1. The molecule has 0 atom stereocenters. The van der Waals surface area contributed by atoms with Gasteiger partial charge in [0, 0.05) is 6.42 Å². The van der Waals surface area contributed by atoms with Gasteiger partial charge < -0.3 is 10.2 Å². The van der Waals surface area contributed by atoms with E-state index in [0.717, 1.165) is 5.69 Å². The van der Waals surface area contributed by atoms with Crippen molar-refractivity contribution in [3.05, 3.63) is 36.4 Å². The number of aromatic hydroxyl groups is 1. The molecular formula is C11H11N3O3. The van der Waals surface area contributed by atoms with Crippen LogP contribution in [0.4, 0.5) is 0 Å². The van der Waals surface area contributed by atoms with E-state index in [1.54, 1.807) is 24.3 Å². The van der Waals surface area contributed by atoms with Crippen LogP contribution >= 0.6 is 0 Å². The summed E-state index contributed by atoms with van der Waals surface area (Å²) in [6.45, 7) is 0. The van der Waals surface area contributed by atoms with Crippen LogP contribution in [0.15, 0.2) is 30.6 Å². The third-order valence-electron chi connectivity index (χ3n) is 2.22. The topological polar surface area (TPSA) is 88.2 Å². The minimum absolute atomic E-state index is 0.0135. The fraction of sp³-hybridized carbons (Fsp3) is 0.182. The molecule has 1 aromatic heterocycles. The molecule has 6 nitrogen and oxygen atoms in total. The van der Waals surface area contributed by atoms with Gasteiger partial charge in [0.2, 0.25) is 0 Å². The standard InChI is InChI=1S/C11H11N3O3/c15-9-3-1-8(2-4-9)14-7-12-10(13-14)5-6-11(16)17/h1-4,7,15H,5-6H2,(H,16,17). The van der Waals surface area contributed by atoms with Gasteiger partial charge in [-0.1, -0.05) is 0 Å². The molecule has 0 amide bonds. The highest BCUT2D eigenvalue weighted by Gasteiger charge is 2.05. The molecule has 0 aliphatic carbocycles. The van der Waals surface area contributed by atoms with Crippen molar-refractivity contribution in [1.29, 1.82) is 0 Å². The van der Waals surface area contributed by atoms with Gasteiger partial charge in [-0.05, 0) is 24.3 Å². The van der Waals surface area contributed by atoms with Crippen LogP contribution in [0.1, 0.15) is 12.2 Å². The molecule has 17 heavy (non-hydrogen) atoms. The number of rotatable bonds is 4. The maximum absolute atomic E-state index is 10.4. The van der Waals surface area contributed by atoms with Crippen LogP contribution in [0.5, 0.6) is 5.75 Å². The summed E-state index contributed by atoms with van der Waals surface area (Å²) in [5.74, 6) is -0.202. The summed E-state index contributed by atoms with van der Waals surface area (Å²) in [6, 6.07) is 6.50. The minimum Gasteiger partial charge on any atom is -0.508 e. The smallest absolute Gasteiger partial charge is 0.303 e. The summed E-state index contributed by atoms with van der Waals surface area (Å²) in [4.78, 5) is 14.4. The Labute approximate surface area is 97.2 Å². The summed E-state index contributed by atoms with van der Waals surface area (Å²) in [5.41, 5.74) is 0.761. The summed E-state index contributed by atoms with van der Waals surface area (Å²) in [7, 11) is 0. The lowest BCUT2D eigenvalue weighted by Crippen LogP contribution is -2.00. The number of phenols is 1. The first-order valence-corrected chi connectivity index (χ1v) is 5.07. The van der Waals surface area contributed by atoms with Crippen LogP contribution in [0.25, 0.3) is 5.69 Å². The van der Waals surface area contributed by atoms with Crippen molar-refractivity contribution >= 4 is 5.97 Å². The van der Waals surface area contributed by atoms with Crippen molar-refractivity contribution < 1.29 is 15.0 Å². The Balaban J connectivity index is 2.12. The minimum atomic E-state index is -0.869. The quantitative estimate of drug-likeness (QED) is 0.822. The third-order valence-corrected chi connectivity index (χ3v) is 2.22. The van der Waals surface area contributed by atoms with E-state index in [4.69, 9.17) is 10.2 Å². The highest BCUT2D eigenvalue weighted by Crippen LogP contribution is 2.12. The number of carboxylic acids is 1. The molecule has 0 saturated carbocycles. The van der Waals surface area contributed by atoms with Crippen molar-refractivity contribution in [3.8, 4) is 11.4 Å². The summed E-state index contributed by atoms with van der Waals surface area (Å²) < 4.78 is 1.54. The van der Waals surface area contributed by atoms with Crippen molar-refractivity contribution in [2.24, 2.45) is 0 Å². The molecule has 0 spiro atoms. The van der Waals surface area contributed by atoms with Crippen molar-refractivity contribution in [3.63, 3.8) is 0 Å². The highest BCUT2D eigenvalue weighted by atomic mass is 16.4. The molecule has 0 bridgehead atoms. The van der Waals surface area contributed by atoms with Crippen LogP contribution in [0.3, 0.4) is 0 Å². The fourth-order valence-electron chi connectivity index (χ4n) is 1.36. The number of hydrogen-bond donors (Lipinski definition) is 2. The Kier molecular flexibility index (Phi) is 3.04. The molecule has 0 radical (unpaired) electrons. The maximum Gasteiger partial charge on any atom is 0.303 e. The Morgan fingerprint density at radius 3 is 2.65 bits per heavy atom. The van der Waals surface area contributed by atoms with Crippen LogP contribution in [-0.2, 0) is 11.2 Å². The first-order chi connectivity index (χ1) is 8.15. The summed E-state index contributed by atoms with van der Waals surface area (Å²) in [6.07, 6.45) is 1.84. The van der Waals surface area contributed by atoms with Gasteiger partial charge in [0.15, 0.2) is 5.82 Å². The van der Waals surface area contributed by atoms with Gasteiger partial charge in [-0.25, -0.2) is 9.67 Å². The van der Waals surface area contributed by atoms with Crippen molar-refractivity contribution in [2.75, 3.05) is 0 Å². The number of carbonyl (C=O) groups is 1. The molecule has 0 aliphatic heterocycles. The van der Waals surface area contributed by atoms with Crippen molar-refractivity contribution in [1.82, 2.24) is 14.8 Å². The van der Waals surface area contributed by atoms with E-state index in [2.05, 4.69) is 10.1 Å². The van der Waals surface area contributed by atoms with Crippen LogP contribution in [0.2, 0.25) is 0 Å². The zero-order chi connectivity index (χ0) is 12.3. The highest BCUT2D eigenvalue weighted by molar-refractivity contribution is 5.66. The van der Waals surface area contributed by atoms with Crippen LogP contribution in [-0.4, -0.2) is 30.9 Å². The number of nitrogens with zero attached hydrogens (tertiary/aromatic N) is 3. The first-order valence-electron chi connectivity index (χ1n) is 5.07. The number of phenolic OH excluding ortho intramolecular Hbond substituents is 1. The van der Waals surface area contributed by atoms with E-state index in [1.807, 2.05) is 0 Å². The largest absolute Gasteiger partial charge is 0.508 e. The Morgan fingerprint density at radius 1 is 1.29 bits per heavy atom. The van der Waals surface area contributed by atoms with E-state index in [9.17, 15) is 4.79 Å². The average molecular weight is 233 g/mol. The van der Waals surface area contributed by atoms with Gasteiger partial charge in [0.1, 0.15) is 12.1 Å². The number of hydrogen-bond acceptors (Lipinski definition) is 4. The number of aliphatic carboxylic acids is 1. The van der Waals surface area contributed by atoms with Gasteiger partial charge in [-0.15, -0.1) is 0 Å². The van der Waals surface area contributed by atoms with E-state index >= 15 is 0 Å². The lowest BCUT2D eigenvalue weighted by molar-refractivity contribution is -0.137. The summed E-state index contributed by atoms with van der Waals surface area (Å²) >= 11 is 0. The molecular weight excluding hydrogens is 222 g/mol. The molecule has 1 heterocycles. The van der Waals surface area contributed by atoms with E-state index in [0.29, 0.717) is 12.2 Å². The molecule has 88 valence electrons.